The van der Waals surface area contributed by atoms with Crippen molar-refractivity contribution in [1.29, 1.82) is 0 Å². The van der Waals surface area contributed by atoms with Gasteiger partial charge >= 0.3 is 0 Å². The van der Waals surface area contributed by atoms with Crippen LogP contribution in [0.4, 0.5) is 0 Å². The minimum absolute atomic E-state index is 0.165. The Bertz CT molecular complexity index is 770. The van der Waals surface area contributed by atoms with Crippen LogP contribution in [0.25, 0.3) is 0 Å². The summed E-state index contributed by atoms with van der Waals surface area (Å²) in [5.74, 6) is 2.54. The van der Waals surface area contributed by atoms with Crippen molar-refractivity contribution in [3.05, 3.63) is 11.6 Å². The molecule has 0 aromatic heterocycles. The quantitative estimate of drug-likeness (QED) is 0.430. The molecule has 0 aromatic carbocycles. The molecule has 4 aliphatic carbocycles. The van der Waals surface area contributed by atoms with Crippen LogP contribution in [0.3, 0.4) is 0 Å². The first-order valence-electron chi connectivity index (χ1n) is 13.7. The third kappa shape index (κ3) is 3.86. The van der Waals surface area contributed by atoms with E-state index in [1.54, 1.807) is 5.57 Å². The normalized spacial score (nSPS) is 48.2. The van der Waals surface area contributed by atoms with Gasteiger partial charge < -0.3 is 20.4 Å². The molecular weight excluding hydrogens is 412 g/mol. The third-order valence-corrected chi connectivity index (χ3v) is 11.7. The summed E-state index contributed by atoms with van der Waals surface area (Å²) in [5.41, 5.74) is -0.380. The van der Waals surface area contributed by atoms with Crippen LogP contribution in [0, 0.1) is 46.3 Å². The fraction of sp³-hybridized carbons (Fsp3) is 0.931. The van der Waals surface area contributed by atoms with Crippen molar-refractivity contribution in [2.24, 2.45) is 46.3 Å². The van der Waals surface area contributed by atoms with E-state index in [9.17, 15) is 20.4 Å². The van der Waals surface area contributed by atoms with Gasteiger partial charge in [-0.15, -0.1) is 0 Å². The zero-order chi connectivity index (χ0) is 24.6. The molecule has 0 amide bonds. The molecule has 0 radical (unpaired) electrons. The van der Waals surface area contributed by atoms with E-state index in [4.69, 9.17) is 0 Å². The number of rotatable bonds is 5. The summed E-state index contributed by atoms with van der Waals surface area (Å²) < 4.78 is 0. The Balaban J connectivity index is 1.54. The molecule has 0 heterocycles. The average molecular weight is 463 g/mol. The van der Waals surface area contributed by atoms with Crippen LogP contribution in [0.1, 0.15) is 99.8 Å². The molecule has 3 saturated carbocycles. The molecular formula is C29H50O4. The summed E-state index contributed by atoms with van der Waals surface area (Å²) >= 11 is 0. The van der Waals surface area contributed by atoms with Gasteiger partial charge in [0.05, 0.1) is 23.4 Å². The van der Waals surface area contributed by atoms with Gasteiger partial charge in [-0.1, -0.05) is 46.3 Å². The predicted molar refractivity (Wildman–Crippen MR) is 132 cm³/mol. The van der Waals surface area contributed by atoms with Gasteiger partial charge in [-0.2, -0.15) is 0 Å². The van der Waals surface area contributed by atoms with Crippen molar-refractivity contribution in [3.8, 4) is 0 Å². The van der Waals surface area contributed by atoms with Gasteiger partial charge in [0.25, 0.3) is 0 Å². The molecule has 2 unspecified atom stereocenters. The van der Waals surface area contributed by atoms with Gasteiger partial charge in [-0.25, -0.2) is 0 Å². The van der Waals surface area contributed by atoms with Crippen LogP contribution < -0.4 is 0 Å². The average Bonchev–Trinajstić information content (AvgIpc) is 3.06. The van der Waals surface area contributed by atoms with Crippen molar-refractivity contribution >= 4 is 0 Å². The molecule has 4 rings (SSSR count). The minimum Gasteiger partial charge on any atom is -0.393 e. The van der Waals surface area contributed by atoms with Crippen LogP contribution in [0.15, 0.2) is 11.6 Å². The predicted octanol–water partition coefficient (Wildman–Crippen LogP) is 5.08. The summed E-state index contributed by atoms with van der Waals surface area (Å²) in [6.07, 6.45) is 8.17. The minimum atomic E-state index is -1.16. The number of allylic oxidation sites excluding steroid dienone is 2. The molecule has 4 aliphatic rings. The lowest BCUT2D eigenvalue weighted by atomic mass is 9.42. The molecule has 190 valence electrons. The molecule has 3 fully saturated rings. The van der Waals surface area contributed by atoms with Gasteiger partial charge in [-0.3, -0.25) is 0 Å². The number of hydrogen-bond donors (Lipinski definition) is 4. The highest BCUT2D eigenvalue weighted by atomic mass is 16.3. The maximum absolute atomic E-state index is 11.6. The Labute approximate surface area is 201 Å². The van der Waals surface area contributed by atoms with E-state index >= 15 is 0 Å². The second kappa shape index (κ2) is 8.32. The zero-order valence-electron chi connectivity index (χ0n) is 22.1. The van der Waals surface area contributed by atoms with Crippen LogP contribution in [-0.4, -0.2) is 43.8 Å². The van der Waals surface area contributed by atoms with E-state index in [1.807, 2.05) is 13.8 Å². The summed E-state index contributed by atoms with van der Waals surface area (Å²) in [5, 5.41) is 43.7. The Morgan fingerprint density at radius 2 is 1.73 bits per heavy atom. The van der Waals surface area contributed by atoms with Crippen LogP contribution in [0.5, 0.6) is 0 Å². The summed E-state index contributed by atoms with van der Waals surface area (Å²) in [6, 6.07) is 0. The summed E-state index contributed by atoms with van der Waals surface area (Å²) in [4.78, 5) is 0. The third-order valence-electron chi connectivity index (χ3n) is 11.7. The van der Waals surface area contributed by atoms with Crippen LogP contribution >= 0.6 is 0 Å². The second-order valence-corrected chi connectivity index (χ2v) is 13.8. The van der Waals surface area contributed by atoms with E-state index in [2.05, 4.69) is 40.7 Å². The Kier molecular flexibility index (Phi) is 6.47. The SMILES string of the molecule is CC(C[C@H](C)C1=CC[C@H]2[C@@H]3C[C@@H](O)[C@@]4(O)C[C@@H](O)CC[C@]4(C)[C@H]3CC[C@]12C)C(C)C(C)(C)O. The fourth-order valence-electron chi connectivity index (χ4n) is 9.21. The van der Waals surface area contributed by atoms with E-state index < -0.39 is 23.4 Å². The molecule has 4 N–H and O–H groups in total. The first-order chi connectivity index (χ1) is 15.1. The maximum atomic E-state index is 11.6. The van der Waals surface area contributed by atoms with Gasteiger partial charge in [0.1, 0.15) is 0 Å². The molecule has 0 bridgehead atoms. The first-order valence-corrected chi connectivity index (χ1v) is 13.7. The topological polar surface area (TPSA) is 80.9 Å². The number of hydrogen-bond acceptors (Lipinski definition) is 4. The highest BCUT2D eigenvalue weighted by Gasteiger charge is 2.66. The van der Waals surface area contributed by atoms with E-state index in [-0.39, 0.29) is 16.7 Å². The van der Waals surface area contributed by atoms with Crippen LogP contribution in [0.2, 0.25) is 0 Å². The second-order valence-electron chi connectivity index (χ2n) is 13.8. The molecule has 4 nitrogen and oxygen atoms in total. The van der Waals surface area contributed by atoms with Crippen molar-refractivity contribution in [1.82, 2.24) is 0 Å². The lowest BCUT2D eigenvalue weighted by Gasteiger charge is -2.65. The van der Waals surface area contributed by atoms with Gasteiger partial charge in [0, 0.05) is 11.8 Å². The molecule has 33 heavy (non-hydrogen) atoms. The van der Waals surface area contributed by atoms with E-state index in [0.29, 0.717) is 42.4 Å². The largest absolute Gasteiger partial charge is 0.393 e. The number of aliphatic hydroxyl groups excluding tert-OH is 2. The first kappa shape index (κ1) is 25.7. The lowest BCUT2D eigenvalue weighted by Crippen LogP contribution is -2.68. The van der Waals surface area contributed by atoms with Gasteiger partial charge in [0.2, 0.25) is 0 Å². The molecule has 0 aromatic rings. The fourth-order valence-corrected chi connectivity index (χ4v) is 9.21. The highest BCUT2D eigenvalue weighted by molar-refractivity contribution is 5.28. The maximum Gasteiger partial charge on any atom is 0.0985 e. The smallest absolute Gasteiger partial charge is 0.0985 e. The monoisotopic (exact) mass is 462 g/mol. The Morgan fingerprint density at radius 3 is 2.36 bits per heavy atom. The van der Waals surface area contributed by atoms with Gasteiger partial charge in [0.15, 0.2) is 0 Å². The molecule has 11 atom stereocenters. The van der Waals surface area contributed by atoms with Crippen molar-refractivity contribution in [3.63, 3.8) is 0 Å². The molecule has 0 saturated heterocycles. The van der Waals surface area contributed by atoms with Crippen LogP contribution in [-0.2, 0) is 0 Å². The standard InChI is InChI=1S/C29H50O4/c1-17(19(3)26(4,5)32)14-18(2)22-8-9-23-21-15-25(31)29(33)16-20(30)10-13-28(29,7)24(21)11-12-27(22,23)6/h8,17-21,23-25,30-33H,9-16H2,1-7H3/t17?,18-,19?,20-,21-,23-,24-,25+,27+,28+,29-/m0/s1. The molecule has 0 aliphatic heterocycles. The van der Waals surface area contributed by atoms with Crippen molar-refractivity contribution < 1.29 is 20.4 Å². The Hall–Kier alpha value is -0.420. The van der Waals surface area contributed by atoms with E-state index in [1.165, 1.54) is 0 Å². The lowest BCUT2D eigenvalue weighted by molar-refractivity contribution is -0.262. The molecule has 0 spiro atoms. The van der Waals surface area contributed by atoms with Crippen molar-refractivity contribution in [2.75, 3.05) is 0 Å². The zero-order valence-corrected chi connectivity index (χ0v) is 22.1. The highest BCUT2D eigenvalue weighted by Crippen LogP contribution is 2.68. The van der Waals surface area contributed by atoms with Crippen molar-refractivity contribution in [2.45, 2.75) is 123 Å². The number of fused-ring (bicyclic) bond motifs is 5. The number of aliphatic hydroxyl groups is 4. The van der Waals surface area contributed by atoms with Gasteiger partial charge in [-0.05, 0) is 99.7 Å². The van der Waals surface area contributed by atoms with E-state index in [0.717, 1.165) is 38.5 Å². The summed E-state index contributed by atoms with van der Waals surface area (Å²) in [7, 11) is 0. The Morgan fingerprint density at radius 1 is 1.06 bits per heavy atom. The summed E-state index contributed by atoms with van der Waals surface area (Å²) in [6.45, 7) is 15.3. The molecule has 4 heteroatoms.